The van der Waals surface area contributed by atoms with Crippen LogP contribution in [0, 0.1) is 0 Å². The first-order valence-corrected chi connectivity index (χ1v) is 8.21. The Labute approximate surface area is 135 Å². The zero-order valence-corrected chi connectivity index (χ0v) is 13.6. The highest BCUT2D eigenvalue weighted by molar-refractivity contribution is 9.10. The number of aliphatic imine (C=N–C) groups is 1. The van der Waals surface area contributed by atoms with Gasteiger partial charge in [-0.2, -0.15) is 4.99 Å². The zero-order chi connectivity index (χ0) is 14.8. The SMILES string of the molecule is O=C1N=C(N2CCNCC2)S/C1=C/c1cc(Br)ccc1O. The van der Waals surface area contributed by atoms with Crippen molar-refractivity contribution in [1.29, 1.82) is 0 Å². The van der Waals surface area contributed by atoms with Crippen LogP contribution >= 0.6 is 27.7 Å². The molecule has 1 saturated heterocycles. The van der Waals surface area contributed by atoms with E-state index in [1.54, 1.807) is 24.3 Å². The minimum absolute atomic E-state index is 0.148. The lowest BCUT2D eigenvalue weighted by Crippen LogP contribution is -2.45. The third kappa shape index (κ3) is 3.30. The molecular weight excluding hydrogens is 354 g/mol. The molecule has 0 bridgehead atoms. The van der Waals surface area contributed by atoms with E-state index >= 15 is 0 Å². The summed E-state index contributed by atoms with van der Waals surface area (Å²) < 4.78 is 0.853. The molecule has 2 aliphatic rings. The number of hydrogen-bond donors (Lipinski definition) is 2. The number of carbonyl (C=O) groups excluding carboxylic acids is 1. The third-order valence-corrected chi connectivity index (χ3v) is 4.81. The summed E-state index contributed by atoms with van der Waals surface area (Å²) in [6.45, 7) is 3.52. The van der Waals surface area contributed by atoms with Crippen LogP contribution in [0.4, 0.5) is 0 Å². The Hall–Kier alpha value is -1.31. The Morgan fingerprint density at radius 1 is 1.38 bits per heavy atom. The van der Waals surface area contributed by atoms with Crippen LogP contribution in [0.15, 0.2) is 32.6 Å². The summed E-state index contributed by atoms with van der Waals surface area (Å²) in [5.74, 6) is -0.0948. The minimum Gasteiger partial charge on any atom is -0.507 e. The number of rotatable bonds is 1. The smallest absolute Gasteiger partial charge is 0.286 e. The number of phenolic OH excluding ortho intramolecular Hbond substituents is 1. The van der Waals surface area contributed by atoms with Gasteiger partial charge < -0.3 is 15.3 Å². The number of phenols is 1. The molecule has 0 spiro atoms. The highest BCUT2D eigenvalue weighted by Crippen LogP contribution is 2.33. The third-order valence-electron chi connectivity index (χ3n) is 3.27. The summed E-state index contributed by atoms with van der Waals surface area (Å²) in [5.41, 5.74) is 0.608. The van der Waals surface area contributed by atoms with Gasteiger partial charge in [-0.3, -0.25) is 4.79 Å². The van der Waals surface area contributed by atoms with E-state index in [0.717, 1.165) is 35.8 Å². The van der Waals surface area contributed by atoms with E-state index in [0.29, 0.717) is 10.5 Å². The largest absolute Gasteiger partial charge is 0.507 e. The van der Waals surface area contributed by atoms with Crippen molar-refractivity contribution >= 4 is 44.8 Å². The molecule has 7 heteroatoms. The summed E-state index contributed by atoms with van der Waals surface area (Å²) in [5, 5.41) is 13.9. The summed E-state index contributed by atoms with van der Waals surface area (Å²) in [6, 6.07) is 5.13. The molecule has 2 heterocycles. The number of halogens is 1. The molecule has 1 amide bonds. The average molecular weight is 368 g/mol. The number of nitrogens with one attached hydrogen (secondary N) is 1. The fourth-order valence-electron chi connectivity index (χ4n) is 2.17. The Morgan fingerprint density at radius 2 is 2.14 bits per heavy atom. The monoisotopic (exact) mass is 367 g/mol. The molecule has 1 aromatic carbocycles. The fourth-order valence-corrected chi connectivity index (χ4v) is 3.51. The van der Waals surface area contributed by atoms with Gasteiger partial charge in [0.1, 0.15) is 5.75 Å². The molecule has 3 rings (SSSR count). The van der Waals surface area contributed by atoms with Crippen LogP contribution in [0.25, 0.3) is 6.08 Å². The molecule has 0 unspecified atom stereocenters. The van der Waals surface area contributed by atoms with E-state index in [1.807, 2.05) is 0 Å². The molecule has 5 nitrogen and oxygen atoms in total. The Kier molecular flexibility index (Phi) is 4.32. The second-order valence-electron chi connectivity index (χ2n) is 4.75. The standard InChI is InChI=1S/C14H14BrN3O2S/c15-10-1-2-11(19)9(7-10)8-12-13(20)17-14(21-12)18-5-3-16-4-6-18/h1-2,7-8,16,19H,3-6H2/b12-8+. The number of aromatic hydroxyl groups is 1. The van der Waals surface area contributed by atoms with Crippen LogP contribution in [0.1, 0.15) is 5.56 Å². The number of thioether (sulfide) groups is 1. The number of piperazine rings is 1. The number of benzene rings is 1. The van der Waals surface area contributed by atoms with E-state index < -0.39 is 0 Å². The second-order valence-corrected chi connectivity index (χ2v) is 6.68. The molecule has 0 radical (unpaired) electrons. The molecular formula is C14H14BrN3O2S. The summed E-state index contributed by atoms with van der Waals surface area (Å²) in [7, 11) is 0. The van der Waals surface area contributed by atoms with Crippen LogP contribution in [0.2, 0.25) is 0 Å². The minimum atomic E-state index is -0.243. The molecule has 0 saturated carbocycles. The van der Waals surface area contributed by atoms with Crippen molar-refractivity contribution < 1.29 is 9.90 Å². The Bertz CT molecular complexity index is 639. The molecule has 1 aromatic rings. The summed E-state index contributed by atoms with van der Waals surface area (Å²) in [4.78, 5) is 18.8. The van der Waals surface area contributed by atoms with Crippen LogP contribution in [0.5, 0.6) is 5.75 Å². The molecule has 0 aliphatic carbocycles. The van der Waals surface area contributed by atoms with Gasteiger partial charge in [0.25, 0.3) is 5.91 Å². The van der Waals surface area contributed by atoms with Gasteiger partial charge in [0.2, 0.25) is 0 Å². The predicted molar refractivity (Wildman–Crippen MR) is 88.3 cm³/mol. The van der Waals surface area contributed by atoms with Gasteiger partial charge in [-0.1, -0.05) is 15.9 Å². The zero-order valence-electron chi connectivity index (χ0n) is 11.2. The van der Waals surface area contributed by atoms with Crippen molar-refractivity contribution in [1.82, 2.24) is 10.2 Å². The van der Waals surface area contributed by atoms with E-state index in [1.165, 1.54) is 11.8 Å². The van der Waals surface area contributed by atoms with Crippen molar-refractivity contribution in [3.8, 4) is 5.75 Å². The highest BCUT2D eigenvalue weighted by Gasteiger charge is 2.27. The first-order chi connectivity index (χ1) is 10.1. The highest BCUT2D eigenvalue weighted by atomic mass is 79.9. The van der Waals surface area contributed by atoms with E-state index in [2.05, 4.69) is 31.1 Å². The van der Waals surface area contributed by atoms with Crippen LogP contribution < -0.4 is 5.32 Å². The van der Waals surface area contributed by atoms with Crippen molar-refractivity contribution in [2.45, 2.75) is 0 Å². The number of amidine groups is 1. The molecule has 21 heavy (non-hydrogen) atoms. The van der Waals surface area contributed by atoms with E-state index in [4.69, 9.17) is 0 Å². The van der Waals surface area contributed by atoms with Crippen molar-refractivity contribution in [3.63, 3.8) is 0 Å². The number of carbonyl (C=O) groups is 1. The van der Waals surface area contributed by atoms with Gasteiger partial charge in [-0.25, -0.2) is 0 Å². The van der Waals surface area contributed by atoms with Crippen LogP contribution in [-0.4, -0.2) is 47.3 Å². The Balaban J connectivity index is 1.80. The maximum Gasteiger partial charge on any atom is 0.286 e. The second kappa shape index (κ2) is 6.21. The maximum atomic E-state index is 12.0. The molecule has 0 atom stereocenters. The molecule has 1 fully saturated rings. The van der Waals surface area contributed by atoms with Gasteiger partial charge in [0, 0.05) is 36.2 Å². The van der Waals surface area contributed by atoms with Crippen molar-refractivity contribution in [2.75, 3.05) is 26.2 Å². The normalized spacial score (nSPS) is 21.0. The topological polar surface area (TPSA) is 64.9 Å². The number of hydrogen-bond acceptors (Lipinski definition) is 5. The quantitative estimate of drug-likeness (QED) is 0.743. The van der Waals surface area contributed by atoms with Gasteiger partial charge >= 0.3 is 0 Å². The lowest BCUT2D eigenvalue weighted by atomic mass is 10.2. The number of nitrogens with zero attached hydrogens (tertiary/aromatic N) is 2. The first kappa shape index (κ1) is 14.6. The van der Waals surface area contributed by atoms with Crippen LogP contribution in [-0.2, 0) is 4.79 Å². The van der Waals surface area contributed by atoms with Gasteiger partial charge in [0.15, 0.2) is 5.17 Å². The van der Waals surface area contributed by atoms with Crippen molar-refractivity contribution in [3.05, 3.63) is 33.1 Å². The van der Waals surface area contributed by atoms with Gasteiger partial charge in [-0.05, 0) is 36.0 Å². The molecule has 0 aromatic heterocycles. The molecule has 2 N–H and O–H groups in total. The average Bonchev–Trinajstić information content (AvgIpc) is 2.85. The van der Waals surface area contributed by atoms with Crippen LogP contribution in [0.3, 0.4) is 0 Å². The Morgan fingerprint density at radius 3 is 2.90 bits per heavy atom. The lowest BCUT2D eigenvalue weighted by molar-refractivity contribution is -0.113. The maximum absolute atomic E-state index is 12.0. The predicted octanol–water partition coefficient (Wildman–Crippen LogP) is 2.03. The first-order valence-electron chi connectivity index (χ1n) is 6.60. The number of amides is 1. The molecule has 110 valence electrons. The van der Waals surface area contributed by atoms with Crippen molar-refractivity contribution in [2.24, 2.45) is 4.99 Å². The van der Waals surface area contributed by atoms with Gasteiger partial charge in [0.05, 0.1) is 4.91 Å². The van der Waals surface area contributed by atoms with E-state index in [9.17, 15) is 9.90 Å². The van der Waals surface area contributed by atoms with E-state index in [-0.39, 0.29) is 11.7 Å². The summed E-state index contributed by atoms with van der Waals surface area (Å²) >= 11 is 4.73. The lowest BCUT2D eigenvalue weighted by Gasteiger charge is -2.27. The van der Waals surface area contributed by atoms with Gasteiger partial charge in [-0.15, -0.1) is 0 Å². The molecule has 2 aliphatic heterocycles. The summed E-state index contributed by atoms with van der Waals surface area (Å²) in [6.07, 6.45) is 1.69. The fraction of sp³-hybridized carbons (Fsp3) is 0.286.